The quantitative estimate of drug-likeness (QED) is 0.711. The Hall–Kier alpha value is -0.310. The zero-order chi connectivity index (χ0) is 10.4. The maximum absolute atomic E-state index is 11.4. The molecule has 1 amide bonds. The van der Waals surface area contributed by atoms with E-state index in [1.165, 1.54) is 18.5 Å². The predicted octanol–water partition coefficient (Wildman–Crippen LogP) is 3.08. The molecule has 0 N–H and O–H groups in total. The minimum atomic E-state index is 0.180. The molecule has 0 aromatic rings. The average Bonchev–Trinajstić information content (AvgIpc) is 2.19. The monoisotopic (exact) mass is 259 g/mol. The number of alkyl halides is 1. The van der Waals surface area contributed by atoms with E-state index in [0.717, 1.165) is 31.1 Å². The number of carbonyl (C=O) groups excluding carboxylic acids is 1. The summed E-state index contributed by atoms with van der Waals surface area (Å²) in [7, 11) is 0. The van der Waals surface area contributed by atoms with Crippen LogP contribution in [0.25, 0.3) is 0 Å². The van der Waals surface area contributed by atoms with Crippen molar-refractivity contribution in [3.63, 3.8) is 0 Å². The van der Waals surface area contributed by atoms with Gasteiger partial charge in [-0.05, 0) is 32.1 Å². The molecule has 1 aliphatic rings. The van der Waals surface area contributed by atoms with Crippen molar-refractivity contribution in [3.8, 4) is 0 Å². The predicted molar refractivity (Wildman–Crippen MR) is 62.3 cm³/mol. The zero-order valence-corrected chi connectivity index (χ0v) is 10.3. The first-order valence-corrected chi connectivity index (χ1v) is 6.41. The Morgan fingerprint density at radius 1 is 1.57 bits per heavy atom. The van der Waals surface area contributed by atoms with Crippen LogP contribution < -0.4 is 0 Å². The highest BCUT2D eigenvalue weighted by molar-refractivity contribution is 9.09. The van der Waals surface area contributed by atoms with Crippen LogP contribution in [0.5, 0.6) is 0 Å². The largest absolute Gasteiger partial charge is 0.317 e. The van der Waals surface area contributed by atoms with E-state index in [-0.39, 0.29) is 5.91 Å². The van der Waals surface area contributed by atoms with Crippen LogP contribution >= 0.6 is 15.9 Å². The third kappa shape index (κ3) is 3.45. The van der Waals surface area contributed by atoms with Gasteiger partial charge in [-0.2, -0.15) is 0 Å². The van der Waals surface area contributed by atoms with E-state index < -0.39 is 0 Å². The van der Waals surface area contributed by atoms with Crippen molar-refractivity contribution >= 4 is 21.8 Å². The molecule has 80 valence electrons. The number of amides is 1. The van der Waals surface area contributed by atoms with Gasteiger partial charge in [0.25, 0.3) is 0 Å². The van der Waals surface area contributed by atoms with Gasteiger partial charge in [-0.15, -0.1) is 0 Å². The molecule has 14 heavy (non-hydrogen) atoms. The maximum atomic E-state index is 11.4. The van der Waals surface area contributed by atoms with Gasteiger partial charge in [0.1, 0.15) is 0 Å². The summed E-state index contributed by atoms with van der Waals surface area (Å²) in [4.78, 5) is 13.3. The second kappa shape index (κ2) is 6.23. The van der Waals surface area contributed by atoms with Gasteiger partial charge in [-0.3, -0.25) is 4.79 Å². The molecule has 0 heterocycles. The van der Waals surface area contributed by atoms with Crippen LogP contribution in [0.1, 0.15) is 39.0 Å². The minimum absolute atomic E-state index is 0.180. The summed E-state index contributed by atoms with van der Waals surface area (Å²) < 4.78 is 0. The van der Waals surface area contributed by atoms with Gasteiger partial charge in [0, 0.05) is 24.5 Å². The lowest BCUT2D eigenvalue weighted by Gasteiger charge is -2.26. The van der Waals surface area contributed by atoms with E-state index in [4.69, 9.17) is 0 Å². The van der Waals surface area contributed by atoms with Gasteiger partial charge < -0.3 is 4.90 Å². The van der Waals surface area contributed by atoms with Crippen LogP contribution in [0.15, 0.2) is 11.8 Å². The summed E-state index contributed by atoms with van der Waals surface area (Å²) in [6, 6.07) is 0. The Bertz CT molecular complexity index is 225. The molecule has 2 nitrogen and oxygen atoms in total. The summed E-state index contributed by atoms with van der Waals surface area (Å²) in [5, 5.41) is 0.962. The number of nitrogens with zero attached hydrogens (tertiary/aromatic N) is 1. The van der Waals surface area contributed by atoms with Crippen molar-refractivity contribution in [2.24, 2.45) is 0 Å². The zero-order valence-electron chi connectivity index (χ0n) is 8.76. The van der Waals surface area contributed by atoms with Crippen molar-refractivity contribution in [2.45, 2.75) is 39.0 Å². The van der Waals surface area contributed by atoms with Crippen molar-refractivity contribution in [3.05, 3.63) is 11.8 Å². The second-order valence-corrected chi connectivity index (χ2v) is 4.45. The summed E-state index contributed by atoms with van der Waals surface area (Å²) in [5.74, 6) is 0.180. The molecule has 1 rings (SSSR count). The first-order chi connectivity index (χ1) is 6.75. The fourth-order valence-corrected chi connectivity index (χ4v) is 2.04. The molecule has 0 radical (unpaired) electrons. The van der Waals surface area contributed by atoms with Gasteiger partial charge in [0.05, 0.1) is 0 Å². The summed E-state index contributed by atoms with van der Waals surface area (Å²) in [6.45, 7) is 2.51. The van der Waals surface area contributed by atoms with Crippen LogP contribution in [0.4, 0.5) is 0 Å². The van der Waals surface area contributed by atoms with Crippen molar-refractivity contribution in [2.75, 3.05) is 11.9 Å². The lowest BCUT2D eigenvalue weighted by molar-refractivity contribution is -0.127. The fraction of sp³-hybridized carbons (Fsp3) is 0.727. The Balaban J connectivity index is 2.56. The van der Waals surface area contributed by atoms with E-state index in [1.54, 1.807) is 6.92 Å². The maximum Gasteiger partial charge on any atom is 0.223 e. The van der Waals surface area contributed by atoms with Crippen LogP contribution in [-0.4, -0.2) is 22.7 Å². The molecular formula is C11H18BrNO. The topological polar surface area (TPSA) is 20.3 Å². The third-order valence-electron chi connectivity index (χ3n) is 2.51. The fourth-order valence-electron chi connectivity index (χ4n) is 1.79. The van der Waals surface area contributed by atoms with Crippen LogP contribution in [0.3, 0.4) is 0 Å². The van der Waals surface area contributed by atoms with Gasteiger partial charge >= 0.3 is 0 Å². The van der Waals surface area contributed by atoms with Crippen LogP contribution in [0.2, 0.25) is 0 Å². The lowest BCUT2D eigenvalue weighted by atomic mass is 10.0. The number of carbonyl (C=O) groups is 1. The average molecular weight is 260 g/mol. The number of halogens is 1. The van der Waals surface area contributed by atoms with E-state index in [9.17, 15) is 4.79 Å². The molecule has 0 saturated carbocycles. The lowest BCUT2D eigenvalue weighted by Crippen LogP contribution is -2.30. The van der Waals surface area contributed by atoms with Crippen molar-refractivity contribution in [1.82, 2.24) is 4.90 Å². The molecule has 0 aromatic carbocycles. The molecule has 0 atom stereocenters. The number of rotatable bonds is 4. The molecule has 0 bridgehead atoms. The van der Waals surface area contributed by atoms with E-state index in [2.05, 4.69) is 22.0 Å². The molecule has 1 aliphatic carbocycles. The molecule has 0 unspecified atom stereocenters. The highest BCUT2D eigenvalue weighted by atomic mass is 79.9. The standard InChI is InChI=1S/C11H18BrNO/c1-10(14)13(9-5-8-12)11-6-3-2-4-7-11/h6H,2-5,7-9H2,1H3. The number of hydrogen-bond acceptors (Lipinski definition) is 1. The van der Waals surface area contributed by atoms with Gasteiger partial charge in [0.2, 0.25) is 5.91 Å². The smallest absolute Gasteiger partial charge is 0.223 e. The Morgan fingerprint density at radius 2 is 2.36 bits per heavy atom. The normalized spacial score (nSPS) is 16.3. The second-order valence-electron chi connectivity index (χ2n) is 3.65. The first-order valence-electron chi connectivity index (χ1n) is 5.29. The highest BCUT2D eigenvalue weighted by Gasteiger charge is 2.14. The molecule has 0 aromatic heterocycles. The minimum Gasteiger partial charge on any atom is -0.317 e. The first kappa shape index (κ1) is 11.8. The summed E-state index contributed by atoms with van der Waals surface area (Å²) in [6.07, 6.45) is 7.95. The molecule has 0 fully saturated rings. The molecular weight excluding hydrogens is 242 g/mol. The van der Waals surface area contributed by atoms with Crippen molar-refractivity contribution in [1.29, 1.82) is 0 Å². The van der Waals surface area contributed by atoms with Gasteiger partial charge in [0.15, 0.2) is 0 Å². The summed E-state index contributed by atoms with van der Waals surface area (Å²) >= 11 is 3.39. The van der Waals surface area contributed by atoms with Gasteiger partial charge in [-0.25, -0.2) is 0 Å². The SMILES string of the molecule is CC(=O)N(CCCBr)C1=CCCCC1. The van der Waals surface area contributed by atoms with E-state index >= 15 is 0 Å². The van der Waals surface area contributed by atoms with Crippen molar-refractivity contribution < 1.29 is 4.79 Å². The highest BCUT2D eigenvalue weighted by Crippen LogP contribution is 2.21. The van der Waals surface area contributed by atoms with Gasteiger partial charge in [-0.1, -0.05) is 22.0 Å². The Morgan fingerprint density at radius 3 is 2.86 bits per heavy atom. The molecule has 3 heteroatoms. The van der Waals surface area contributed by atoms with E-state index in [0.29, 0.717) is 0 Å². The third-order valence-corrected chi connectivity index (χ3v) is 3.07. The summed E-state index contributed by atoms with van der Waals surface area (Å²) in [5.41, 5.74) is 1.24. The Kier molecular flexibility index (Phi) is 5.23. The molecule has 0 saturated heterocycles. The molecule has 0 aliphatic heterocycles. The Labute approximate surface area is 94.5 Å². The number of hydrogen-bond donors (Lipinski definition) is 0. The van der Waals surface area contributed by atoms with Crippen LogP contribution in [-0.2, 0) is 4.79 Å². The van der Waals surface area contributed by atoms with Crippen LogP contribution in [0, 0.1) is 0 Å². The number of allylic oxidation sites excluding steroid dienone is 2. The van der Waals surface area contributed by atoms with E-state index in [1.807, 2.05) is 4.90 Å². The molecule has 0 spiro atoms.